The van der Waals surface area contributed by atoms with Crippen LogP contribution in [-0.2, 0) is 6.54 Å². The van der Waals surface area contributed by atoms with Crippen molar-refractivity contribution in [2.24, 2.45) is 0 Å². The van der Waals surface area contributed by atoms with Gasteiger partial charge in [-0.2, -0.15) is 5.26 Å². The molecule has 1 aromatic rings. The van der Waals surface area contributed by atoms with E-state index in [1.807, 2.05) is 12.1 Å². The third-order valence-electron chi connectivity index (χ3n) is 3.72. The topological polar surface area (TPSA) is 27.0 Å². The molecular weight excluding hydrogens is 208 g/mol. The van der Waals surface area contributed by atoms with Crippen LogP contribution in [0.4, 0.5) is 0 Å². The van der Waals surface area contributed by atoms with Crippen molar-refractivity contribution >= 4 is 0 Å². The summed E-state index contributed by atoms with van der Waals surface area (Å²) in [6.07, 6.45) is 5.47. The molecule has 1 saturated carbocycles. The number of hydrogen-bond donors (Lipinski definition) is 0. The molecule has 0 spiro atoms. The summed E-state index contributed by atoms with van der Waals surface area (Å²) in [5.74, 6) is 0. The molecule has 1 aliphatic carbocycles. The second-order valence-corrected chi connectivity index (χ2v) is 4.81. The Kier molecular flexibility index (Phi) is 4.17. The fraction of sp³-hybridized carbons (Fsp3) is 0.533. The maximum atomic E-state index is 8.77. The fourth-order valence-electron chi connectivity index (χ4n) is 2.69. The molecule has 17 heavy (non-hydrogen) atoms. The van der Waals surface area contributed by atoms with Crippen molar-refractivity contribution in [3.05, 3.63) is 35.4 Å². The Bertz CT molecular complexity index is 382. The molecule has 0 N–H and O–H groups in total. The van der Waals surface area contributed by atoms with Gasteiger partial charge >= 0.3 is 0 Å². The summed E-state index contributed by atoms with van der Waals surface area (Å²) in [5, 5.41) is 8.77. The van der Waals surface area contributed by atoms with E-state index in [0.717, 1.165) is 24.7 Å². The van der Waals surface area contributed by atoms with E-state index in [0.29, 0.717) is 0 Å². The summed E-state index contributed by atoms with van der Waals surface area (Å²) >= 11 is 0. The van der Waals surface area contributed by atoms with E-state index in [2.05, 4.69) is 30.0 Å². The quantitative estimate of drug-likeness (QED) is 0.790. The summed E-state index contributed by atoms with van der Waals surface area (Å²) in [7, 11) is 0. The number of nitrogens with zero attached hydrogens (tertiary/aromatic N) is 2. The smallest absolute Gasteiger partial charge is 0.0991 e. The Morgan fingerprint density at radius 3 is 2.41 bits per heavy atom. The Morgan fingerprint density at radius 1 is 1.24 bits per heavy atom. The second kappa shape index (κ2) is 5.84. The summed E-state index contributed by atoms with van der Waals surface area (Å²) in [4.78, 5) is 2.56. The minimum Gasteiger partial charge on any atom is -0.296 e. The van der Waals surface area contributed by atoms with Crippen LogP contribution in [0.5, 0.6) is 0 Å². The fourth-order valence-corrected chi connectivity index (χ4v) is 2.69. The van der Waals surface area contributed by atoms with Gasteiger partial charge in [-0.15, -0.1) is 0 Å². The summed E-state index contributed by atoms with van der Waals surface area (Å²) in [6, 6.07) is 10.9. The SMILES string of the molecule is CCN(Cc1ccc(C#N)cc1)C1CCCC1. The third kappa shape index (κ3) is 3.08. The monoisotopic (exact) mass is 228 g/mol. The highest BCUT2D eigenvalue weighted by molar-refractivity contribution is 5.31. The van der Waals surface area contributed by atoms with Gasteiger partial charge < -0.3 is 0 Å². The molecule has 0 saturated heterocycles. The zero-order valence-electron chi connectivity index (χ0n) is 10.5. The van der Waals surface area contributed by atoms with Crippen LogP contribution in [0.15, 0.2) is 24.3 Å². The molecule has 2 nitrogen and oxygen atoms in total. The van der Waals surface area contributed by atoms with Crippen LogP contribution in [0.25, 0.3) is 0 Å². The lowest BCUT2D eigenvalue weighted by Crippen LogP contribution is -2.32. The lowest BCUT2D eigenvalue weighted by molar-refractivity contribution is 0.200. The summed E-state index contributed by atoms with van der Waals surface area (Å²) in [6.45, 7) is 4.37. The van der Waals surface area contributed by atoms with Gasteiger partial charge in [0.25, 0.3) is 0 Å². The lowest BCUT2D eigenvalue weighted by Gasteiger charge is -2.27. The maximum absolute atomic E-state index is 8.77. The molecule has 0 amide bonds. The van der Waals surface area contributed by atoms with Gasteiger partial charge in [-0.3, -0.25) is 4.90 Å². The molecule has 0 bridgehead atoms. The van der Waals surface area contributed by atoms with Crippen LogP contribution in [0.2, 0.25) is 0 Å². The van der Waals surface area contributed by atoms with E-state index >= 15 is 0 Å². The average molecular weight is 228 g/mol. The van der Waals surface area contributed by atoms with Gasteiger partial charge in [0.1, 0.15) is 0 Å². The van der Waals surface area contributed by atoms with E-state index in [1.165, 1.54) is 31.2 Å². The highest BCUT2D eigenvalue weighted by atomic mass is 15.1. The van der Waals surface area contributed by atoms with Crippen LogP contribution in [-0.4, -0.2) is 17.5 Å². The predicted octanol–water partition coefficient (Wildman–Crippen LogP) is 3.32. The number of benzene rings is 1. The van der Waals surface area contributed by atoms with Crippen LogP contribution in [0.3, 0.4) is 0 Å². The standard InChI is InChI=1S/C15H20N2/c1-2-17(15-5-3-4-6-15)12-14-9-7-13(11-16)8-10-14/h7-10,15H,2-6,12H2,1H3. The highest BCUT2D eigenvalue weighted by Gasteiger charge is 2.21. The van der Waals surface area contributed by atoms with E-state index in [9.17, 15) is 0 Å². The first-order valence-electron chi connectivity index (χ1n) is 6.56. The Balaban J connectivity index is 1.99. The van der Waals surface area contributed by atoms with Gasteiger partial charge in [0.15, 0.2) is 0 Å². The number of nitriles is 1. The van der Waals surface area contributed by atoms with E-state index < -0.39 is 0 Å². The molecule has 2 heteroatoms. The van der Waals surface area contributed by atoms with E-state index in [-0.39, 0.29) is 0 Å². The first kappa shape index (κ1) is 12.1. The highest BCUT2D eigenvalue weighted by Crippen LogP contribution is 2.24. The summed E-state index contributed by atoms with van der Waals surface area (Å²) < 4.78 is 0. The molecule has 0 unspecified atom stereocenters. The van der Waals surface area contributed by atoms with Gasteiger partial charge in [-0.05, 0) is 37.1 Å². The lowest BCUT2D eigenvalue weighted by atomic mass is 10.1. The van der Waals surface area contributed by atoms with Crippen molar-refractivity contribution in [3.8, 4) is 6.07 Å². The summed E-state index contributed by atoms with van der Waals surface area (Å²) in [5.41, 5.74) is 2.07. The van der Waals surface area contributed by atoms with Crippen LogP contribution < -0.4 is 0 Å². The zero-order valence-corrected chi connectivity index (χ0v) is 10.5. The van der Waals surface area contributed by atoms with Crippen molar-refractivity contribution in [2.75, 3.05) is 6.54 Å². The maximum Gasteiger partial charge on any atom is 0.0991 e. The van der Waals surface area contributed by atoms with Crippen LogP contribution >= 0.6 is 0 Å². The molecule has 0 aliphatic heterocycles. The van der Waals surface area contributed by atoms with E-state index in [4.69, 9.17) is 5.26 Å². The van der Waals surface area contributed by atoms with Gasteiger partial charge in [-0.25, -0.2) is 0 Å². The van der Waals surface area contributed by atoms with Crippen molar-refractivity contribution in [3.63, 3.8) is 0 Å². The molecule has 90 valence electrons. The average Bonchev–Trinajstić information content (AvgIpc) is 2.90. The molecule has 0 heterocycles. The third-order valence-corrected chi connectivity index (χ3v) is 3.72. The Morgan fingerprint density at radius 2 is 1.88 bits per heavy atom. The first-order valence-corrected chi connectivity index (χ1v) is 6.56. The normalized spacial score (nSPS) is 16.3. The molecule has 0 atom stereocenters. The minimum atomic E-state index is 0.748. The molecule has 0 radical (unpaired) electrons. The van der Waals surface area contributed by atoms with Gasteiger partial charge in [-0.1, -0.05) is 31.9 Å². The Hall–Kier alpha value is -1.33. The second-order valence-electron chi connectivity index (χ2n) is 4.81. The van der Waals surface area contributed by atoms with Gasteiger partial charge in [0.05, 0.1) is 11.6 Å². The number of rotatable bonds is 4. The predicted molar refractivity (Wildman–Crippen MR) is 69.5 cm³/mol. The molecule has 2 rings (SSSR count). The number of hydrogen-bond acceptors (Lipinski definition) is 2. The van der Waals surface area contributed by atoms with Gasteiger partial charge in [0.2, 0.25) is 0 Å². The van der Waals surface area contributed by atoms with Gasteiger partial charge in [0, 0.05) is 12.6 Å². The zero-order chi connectivity index (χ0) is 12.1. The van der Waals surface area contributed by atoms with Crippen molar-refractivity contribution in [1.29, 1.82) is 5.26 Å². The largest absolute Gasteiger partial charge is 0.296 e. The van der Waals surface area contributed by atoms with E-state index in [1.54, 1.807) is 0 Å². The molecule has 1 aromatic carbocycles. The molecule has 0 aromatic heterocycles. The first-order chi connectivity index (χ1) is 8.33. The van der Waals surface area contributed by atoms with Crippen molar-refractivity contribution < 1.29 is 0 Å². The van der Waals surface area contributed by atoms with Crippen molar-refractivity contribution in [1.82, 2.24) is 4.90 Å². The molecule has 1 fully saturated rings. The van der Waals surface area contributed by atoms with Crippen LogP contribution in [0.1, 0.15) is 43.7 Å². The molecular formula is C15H20N2. The molecule has 1 aliphatic rings. The van der Waals surface area contributed by atoms with Crippen molar-refractivity contribution in [2.45, 2.75) is 45.2 Å². The minimum absolute atomic E-state index is 0.748. The Labute approximate surface area is 104 Å². The van der Waals surface area contributed by atoms with Crippen LogP contribution in [0, 0.1) is 11.3 Å².